The van der Waals surface area contributed by atoms with Crippen LogP contribution >= 0.6 is 23.2 Å². The van der Waals surface area contributed by atoms with Crippen LogP contribution < -0.4 is 5.43 Å². The number of nitrogens with zero attached hydrogens (tertiary/aromatic N) is 4. The van der Waals surface area contributed by atoms with Gasteiger partial charge in [-0.1, -0.05) is 47.5 Å². The smallest absolute Gasteiger partial charge is 0.336 e. The third-order valence-electron chi connectivity index (χ3n) is 4.79. The molecule has 1 amide bonds. The van der Waals surface area contributed by atoms with Gasteiger partial charge in [0, 0.05) is 22.2 Å². The molecule has 0 fully saturated rings. The molecule has 182 valence electrons. The SMILES string of the molecule is CC(C)OC(=O)[C@H](O)CN(Cc1ccc(-c2cc(Cl)ccc2Cl)cc1)NC(=O)C1CN(O)N=N1. The van der Waals surface area contributed by atoms with Crippen LogP contribution in [0.2, 0.25) is 10.0 Å². The van der Waals surface area contributed by atoms with E-state index < -0.39 is 30.1 Å². The van der Waals surface area contributed by atoms with Crippen molar-refractivity contribution >= 4 is 35.1 Å². The van der Waals surface area contributed by atoms with Gasteiger partial charge in [0.1, 0.15) is 0 Å². The number of aliphatic hydroxyl groups excluding tert-OH is 1. The molecule has 1 aliphatic heterocycles. The third kappa shape index (κ3) is 7.12. The van der Waals surface area contributed by atoms with E-state index in [1.54, 1.807) is 32.0 Å². The molecule has 0 saturated heterocycles. The molecule has 3 rings (SSSR count). The molecule has 1 aliphatic rings. The summed E-state index contributed by atoms with van der Waals surface area (Å²) in [6.07, 6.45) is -1.89. The topological polar surface area (TPSA) is 127 Å². The van der Waals surface area contributed by atoms with Crippen molar-refractivity contribution < 1.29 is 24.6 Å². The Balaban J connectivity index is 1.74. The molecule has 1 unspecified atom stereocenters. The van der Waals surface area contributed by atoms with E-state index in [0.29, 0.717) is 15.2 Å². The zero-order valence-corrected chi connectivity index (χ0v) is 20.1. The molecular weight excluding hydrogens is 485 g/mol. The predicted molar refractivity (Wildman–Crippen MR) is 125 cm³/mol. The van der Waals surface area contributed by atoms with Gasteiger partial charge in [-0.2, -0.15) is 10.3 Å². The number of carbonyl (C=O) groups is 2. The standard InChI is InChI=1S/C22H25Cl2N5O5/c1-13(2)34-22(32)20(30)12-28(26-21(31)19-11-29(33)27-25-19)10-14-3-5-15(6-4-14)17-9-16(23)7-8-18(17)24/h3-9,13,19-20,30,33H,10-12H2,1-2H3,(H,26,31)/t19?,20-/m1/s1. The van der Waals surface area contributed by atoms with E-state index in [9.17, 15) is 19.9 Å². The summed E-state index contributed by atoms with van der Waals surface area (Å²) >= 11 is 12.4. The van der Waals surface area contributed by atoms with Crippen molar-refractivity contribution in [3.05, 3.63) is 58.1 Å². The zero-order valence-electron chi connectivity index (χ0n) is 18.6. The van der Waals surface area contributed by atoms with E-state index in [4.69, 9.17) is 27.9 Å². The Morgan fingerprint density at radius 2 is 1.94 bits per heavy atom. The normalized spacial score (nSPS) is 16.2. The highest BCUT2D eigenvalue weighted by Gasteiger charge is 2.29. The highest BCUT2D eigenvalue weighted by atomic mass is 35.5. The summed E-state index contributed by atoms with van der Waals surface area (Å²) in [4.78, 5) is 24.6. The number of carbonyl (C=O) groups excluding carboxylic acids is 2. The zero-order chi connectivity index (χ0) is 24.8. The Morgan fingerprint density at radius 3 is 2.56 bits per heavy atom. The summed E-state index contributed by atoms with van der Waals surface area (Å²) in [5.41, 5.74) is 5.03. The predicted octanol–water partition coefficient (Wildman–Crippen LogP) is 3.25. The first-order valence-electron chi connectivity index (χ1n) is 10.5. The van der Waals surface area contributed by atoms with Gasteiger partial charge < -0.3 is 9.84 Å². The molecule has 0 radical (unpaired) electrons. The summed E-state index contributed by atoms with van der Waals surface area (Å²) in [5, 5.41) is 29.8. The second kappa shape index (κ2) is 11.6. The summed E-state index contributed by atoms with van der Waals surface area (Å²) in [6.45, 7) is 3.17. The van der Waals surface area contributed by atoms with Gasteiger partial charge >= 0.3 is 5.97 Å². The fraction of sp³-hybridized carbons (Fsp3) is 0.364. The third-order valence-corrected chi connectivity index (χ3v) is 5.35. The first-order chi connectivity index (χ1) is 16.1. The van der Waals surface area contributed by atoms with E-state index in [2.05, 4.69) is 15.8 Å². The first kappa shape index (κ1) is 25.9. The molecule has 10 nitrogen and oxygen atoms in total. The molecule has 2 aromatic rings. The number of rotatable bonds is 9. The molecule has 34 heavy (non-hydrogen) atoms. The van der Waals surface area contributed by atoms with Gasteiger partial charge in [0.25, 0.3) is 5.91 Å². The number of hydrogen-bond donors (Lipinski definition) is 3. The number of nitrogens with one attached hydrogen (secondary N) is 1. The van der Waals surface area contributed by atoms with E-state index >= 15 is 0 Å². The van der Waals surface area contributed by atoms with Gasteiger partial charge in [-0.25, -0.2) is 9.80 Å². The van der Waals surface area contributed by atoms with Crippen LogP contribution in [0.5, 0.6) is 0 Å². The Hall–Kier alpha value is -2.76. The van der Waals surface area contributed by atoms with Gasteiger partial charge in [-0.05, 0) is 48.4 Å². The van der Waals surface area contributed by atoms with Gasteiger partial charge in [-0.3, -0.25) is 15.4 Å². The largest absolute Gasteiger partial charge is 0.461 e. The average Bonchev–Trinajstić information content (AvgIpc) is 3.22. The minimum Gasteiger partial charge on any atom is -0.461 e. The lowest BCUT2D eigenvalue weighted by molar-refractivity contribution is -0.159. The van der Waals surface area contributed by atoms with E-state index in [1.165, 1.54) is 5.01 Å². The molecule has 12 heteroatoms. The molecule has 3 N–H and O–H groups in total. The Kier molecular flexibility index (Phi) is 8.81. The van der Waals surface area contributed by atoms with Crippen LogP contribution in [0.4, 0.5) is 0 Å². The number of aliphatic hydroxyl groups is 1. The van der Waals surface area contributed by atoms with Gasteiger partial charge in [0.2, 0.25) is 0 Å². The fourth-order valence-electron chi connectivity index (χ4n) is 3.19. The van der Waals surface area contributed by atoms with Crippen molar-refractivity contribution in [3.63, 3.8) is 0 Å². The molecule has 2 aromatic carbocycles. The molecular formula is C22H25Cl2N5O5. The van der Waals surface area contributed by atoms with Gasteiger partial charge in [-0.15, -0.1) is 0 Å². The van der Waals surface area contributed by atoms with E-state index in [-0.39, 0.29) is 19.6 Å². The van der Waals surface area contributed by atoms with Crippen LogP contribution in [-0.4, -0.2) is 63.7 Å². The molecule has 0 bridgehead atoms. The van der Waals surface area contributed by atoms with E-state index in [0.717, 1.165) is 16.7 Å². The summed E-state index contributed by atoms with van der Waals surface area (Å²) in [6, 6.07) is 11.6. The van der Waals surface area contributed by atoms with Crippen LogP contribution in [0.1, 0.15) is 19.4 Å². The Labute approximate surface area is 206 Å². The van der Waals surface area contributed by atoms with Crippen LogP contribution in [0.3, 0.4) is 0 Å². The number of amides is 1. The van der Waals surface area contributed by atoms with Crippen LogP contribution in [0.25, 0.3) is 11.1 Å². The highest BCUT2D eigenvalue weighted by molar-refractivity contribution is 6.35. The number of hydrogen-bond acceptors (Lipinski definition) is 9. The lowest BCUT2D eigenvalue weighted by atomic mass is 10.0. The maximum Gasteiger partial charge on any atom is 0.336 e. The van der Waals surface area contributed by atoms with Crippen LogP contribution in [0, 0.1) is 0 Å². The maximum atomic E-state index is 12.6. The van der Waals surface area contributed by atoms with Gasteiger partial charge in [0.05, 0.1) is 19.2 Å². The highest BCUT2D eigenvalue weighted by Crippen LogP contribution is 2.30. The molecule has 0 aliphatic carbocycles. The summed E-state index contributed by atoms with van der Waals surface area (Å²) < 4.78 is 5.04. The number of hydroxylamine groups is 1. The number of benzene rings is 2. The lowest BCUT2D eigenvalue weighted by Crippen LogP contribution is -2.51. The summed E-state index contributed by atoms with van der Waals surface area (Å²) in [7, 11) is 0. The second-order valence-electron chi connectivity index (χ2n) is 7.95. The second-order valence-corrected chi connectivity index (χ2v) is 8.80. The number of halogens is 2. The number of esters is 1. The van der Waals surface area contributed by atoms with Gasteiger partial charge in [0.15, 0.2) is 12.1 Å². The number of ether oxygens (including phenoxy) is 1. The van der Waals surface area contributed by atoms with Crippen LogP contribution in [0.15, 0.2) is 52.8 Å². The Morgan fingerprint density at radius 1 is 1.24 bits per heavy atom. The lowest BCUT2D eigenvalue weighted by Gasteiger charge is -2.26. The average molecular weight is 510 g/mol. The molecule has 0 aromatic heterocycles. The van der Waals surface area contributed by atoms with Crippen molar-refractivity contribution in [1.29, 1.82) is 0 Å². The van der Waals surface area contributed by atoms with Crippen molar-refractivity contribution in [2.75, 3.05) is 13.1 Å². The van der Waals surface area contributed by atoms with Crippen molar-refractivity contribution in [3.8, 4) is 11.1 Å². The minimum atomic E-state index is -1.49. The Bertz CT molecular complexity index is 1050. The minimum absolute atomic E-state index is 0.104. The van der Waals surface area contributed by atoms with Crippen LogP contribution in [-0.2, 0) is 20.9 Å². The number of hydrazine groups is 1. The molecule has 2 atom stereocenters. The first-order valence-corrected chi connectivity index (χ1v) is 11.2. The van der Waals surface area contributed by atoms with Crippen molar-refractivity contribution in [2.45, 2.75) is 38.6 Å². The molecule has 1 heterocycles. The van der Waals surface area contributed by atoms with E-state index in [1.807, 2.05) is 24.3 Å². The monoisotopic (exact) mass is 509 g/mol. The quantitative estimate of drug-likeness (QED) is 0.349. The molecule has 0 spiro atoms. The maximum absolute atomic E-state index is 12.6. The van der Waals surface area contributed by atoms with Crippen molar-refractivity contribution in [2.24, 2.45) is 10.3 Å². The fourth-order valence-corrected chi connectivity index (χ4v) is 3.59. The molecule has 0 saturated carbocycles. The summed E-state index contributed by atoms with van der Waals surface area (Å²) in [5.74, 6) is -1.35. The van der Waals surface area contributed by atoms with Crippen molar-refractivity contribution in [1.82, 2.24) is 15.6 Å².